The molecule has 2 rings (SSSR count). The Bertz CT molecular complexity index is 404. The Morgan fingerprint density at radius 2 is 2.53 bits per heavy atom. The highest BCUT2D eigenvalue weighted by Crippen LogP contribution is 2.17. The van der Waals surface area contributed by atoms with Crippen LogP contribution in [-0.4, -0.2) is 31.7 Å². The maximum Gasteiger partial charge on any atom is 0.142 e. The summed E-state index contributed by atoms with van der Waals surface area (Å²) < 4.78 is 0. The average molecular weight is 230 g/mol. The van der Waals surface area contributed by atoms with E-state index in [0.717, 1.165) is 25.3 Å². The van der Waals surface area contributed by atoms with Crippen LogP contribution in [-0.2, 0) is 0 Å². The fourth-order valence-corrected chi connectivity index (χ4v) is 2.29. The molecule has 1 aliphatic heterocycles. The topological polar surface area (TPSA) is 52.0 Å². The Morgan fingerprint density at radius 1 is 1.65 bits per heavy atom. The molecule has 0 aliphatic carbocycles. The molecule has 0 radical (unpaired) electrons. The van der Waals surface area contributed by atoms with Gasteiger partial charge in [0.2, 0.25) is 0 Å². The monoisotopic (exact) mass is 230 g/mol. The lowest BCUT2D eigenvalue weighted by atomic mass is 9.99. The number of hydrogen-bond donors (Lipinski definition) is 1. The molecule has 4 heteroatoms. The molecule has 4 nitrogen and oxygen atoms in total. The van der Waals surface area contributed by atoms with Gasteiger partial charge < -0.3 is 10.2 Å². The quantitative estimate of drug-likeness (QED) is 0.852. The predicted molar refractivity (Wildman–Crippen MR) is 67.8 cm³/mol. The van der Waals surface area contributed by atoms with Gasteiger partial charge in [-0.15, -0.1) is 0 Å². The minimum absolute atomic E-state index is 0.483. The summed E-state index contributed by atoms with van der Waals surface area (Å²) in [6.07, 6.45) is 4.25. The third-order valence-corrected chi connectivity index (χ3v) is 3.23. The Kier molecular flexibility index (Phi) is 3.94. The molecule has 1 aromatic heterocycles. The molecule has 0 bridgehead atoms. The first-order chi connectivity index (χ1) is 8.29. The number of hydrogen-bond acceptors (Lipinski definition) is 4. The van der Waals surface area contributed by atoms with Crippen molar-refractivity contribution in [2.45, 2.75) is 12.8 Å². The number of rotatable bonds is 3. The summed E-state index contributed by atoms with van der Waals surface area (Å²) in [6, 6.07) is 5.87. The second-order valence-corrected chi connectivity index (χ2v) is 4.60. The van der Waals surface area contributed by atoms with Crippen LogP contribution >= 0.6 is 0 Å². The van der Waals surface area contributed by atoms with Crippen molar-refractivity contribution in [2.75, 3.05) is 31.6 Å². The molecule has 1 saturated heterocycles. The van der Waals surface area contributed by atoms with Crippen molar-refractivity contribution >= 4 is 5.69 Å². The minimum Gasteiger partial charge on any atom is -0.374 e. The first kappa shape index (κ1) is 11.9. The van der Waals surface area contributed by atoms with E-state index in [0.29, 0.717) is 11.6 Å². The molecule has 90 valence electrons. The van der Waals surface area contributed by atoms with Crippen molar-refractivity contribution in [1.29, 1.82) is 5.26 Å². The van der Waals surface area contributed by atoms with Crippen LogP contribution in [0.2, 0.25) is 0 Å². The Balaban J connectivity index is 1.98. The van der Waals surface area contributed by atoms with E-state index in [1.54, 1.807) is 6.20 Å². The number of aromatic nitrogens is 1. The van der Waals surface area contributed by atoms with Crippen molar-refractivity contribution in [1.82, 2.24) is 10.3 Å². The van der Waals surface area contributed by atoms with Crippen LogP contribution in [0.5, 0.6) is 0 Å². The van der Waals surface area contributed by atoms with E-state index < -0.39 is 0 Å². The molecule has 0 saturated carbocycles. The van der Waals surface area contributed by atoms with Crippen LogP contribution < -0.4 is 10.2 Å². The molecule has 1 aliphatic rings. The molecule has 0 aromatic carbocycles. The summed E-state index contributed by atoms with van der Waals surface area (Å²) in [6.45, 7) is 3.27. The summed E-state index contributed by atoms with van der Waals surface area (Å²) in [4.78, 5) is 6.20. The van der Waals surface area contributed by atoms with Gasteiger partial charge in [-0.3, -0.25) is 0 Å². The van der Waals surface area contributed by atoms with E-state index >= 15 is 0 Å². The molecule has 1 aromatic rings. The second-order valence-electron chi connectivity index (χ2n) is 4.60. The first-order valence-electron chi connectivity index (χ1n) is 6.07. The summed E-state index contributed by atoms with van der Waals surface area (Å²) in [5.74, 6) is 0.701. The van der Waals surface area contributed by atoms with Gasteiger partial charge in [0, 0.05) is 25.5 Å². The van der Waals surface area contributed by atoms with Gasteiger partial charge in [-0.05, 0) is 44.0 Å². The highest BCUT2D eigenvalue weighted by Gasteiger charge is 2.15. The second kappa shape index (κ2) is 5.65. The molecule has 1 fully saturated rings. The lowest BCUT2D eigenvalue weighted by Crippen LogP contribution is -2.36. The van der Waals surface area contributed by atoms with Crippen LogP contribution in [0.15, 0.2) is 18.3 Å². The van der Waals surface area contributed by atoms with Crippen LogP contribution in [0, 0.1) is 17.2 Å². The molecule has 2 heterocycles. The SMILES string of the molecule is CN(CC1CCCNC1)c1ccnc(C#N)c1. The van der Waals surface area contributed by atoms with Crippen molar-refractivity contribution < 1.29 is 0 Å². The highest BCUT2D eigenvalue weighted by molar-refractivity contribution is 5.48. The van der Waals surface area contributed by atoms with E-state index in [1.807, 2.05) is 12.1 Å². The van der Waals surface area contributed by atoms with E-state index in [-0.39, 0.29) is 0 Å². The predicted octanol–water partition coefficient (Wildman–Crippen LogP) is 1.39. The van der Waals surface area contributed by atoms with Crippen LogP contribution in [0.4, 0.5) is 5.69 Å². The normalized spacial score (nSPS) is 19.6. The van der Waals surface area contributed by atoms with Gasteiger partial charge in [-0.1, -0.05) is 0 Å². The summed E-state index contributed by atoms with van der Waals surface area (Å²) in [7, 11) is 2.07. The maximum absolute atomic E-state index is 8.82. The standard InChI is InChI=1S/C13H18N4/c1-17(10-11-3-2-5-15-9-11)13-4-6-16-12(7-13)8-14/h4,6-7,11,15H,2-3,5,9-10H2,1H3. The highest BCUT2D eigenvalue weighted by atomic mass is 15.1. The van der Waals surface area contributed by atoms with Crippen LogP contribution in [0.1, 0.15) is 18.5 Å². The van der Waals surface area contributed by atoms with Crippen molar-refractivity contribution in [3.63, 3.8) is 0 Å². The van der Waals surface area contributed by atoms with Crippen molar-refractivity contribution in [3.8, 4) is 6.07 Å². The van der Waals surface area contributed by atoms with Gasteiger partial charge in [0.15, 0.2) is 0 Å². The Morgan fingerprint density at radius 3 is 3.24 bits per heavy atom. The lowest BCUT2D eigenvalue weighted by molar-refractivity contribution is 0.381. The molecular formula is C13H18N4. The molecule has 17 heavy (non-hydrogen) atoms. The van der Waals surface area contributed by atoms with Gasteiger partial charge in [0.1, 0.15) is 11.8 Å². The number of piperidine rings is 1. The molecule has 0 amide bonds. The zero-order valence-corrected chi connectivity index (χ0v) is 10.2. The van der Waals surface area contributed by atoms with E-state index in [9.17, 15) is 0 Å². The number of pyridine rings is 1. The van der Waals surface area contributed by atoms with E-state index in [1.165, 1.54) is 12.8 Å². The lowest BCUT2D eigenvalue weighted by Gasteiger charge is -2.28. The molecule has 1 unspecified atom stereocenters. The van der Waals surface area contributed by atoms with E-state index in [2.05, 4.69) is 28.3 Å². The fraction of sp³-hybridized carbons (Fsp3) is 0.538. The Labute approximate surface area is 102 Å². The van der Waals surface area contributed by atoms with Gasteiger partial charge in [-0.25, -0.2) is 4.98 Å². The number of anilines is 1. The van der Waals surface area contributed by atoms with E-state index in [4.69, 9.17) is 5.26 Å². The molecule has 0 spiro atoms. The Hall–Kier alpha value is -1.60. The summed E-state index contributed by atoms with van der Waals surface area (Å²) in [5, 5.41) is 12.2. The smallest absolute Gasteiger partial charge is 0.142 e. The van der Waals surface area contributed by atoms with Crippen molar-refractivity contribution in [2.24, 2.45) is 5.92 Å². The first-order valence-corrected chi connectivity index (χ1v) is 6.07. The van der Waals surface area contributed by atoms with Gasteiger partial charge in [0.25, 0.3) is 0 Å². The van der Waals surface area contributed by atoms with Gasteiger partial charge in [-0.2, -0.15) is 5.26 Å². The molecule has 1 N–H and O–H groups in total. The number of nitrogens with zero attached hydrogens (tertiary/aromatic N) is 3. The third kappa shape index (κ3) is 3.18. The maximum atomic E-state index is 8.82. The summed E-state index contributed by atoms with van der Waals surface area (Å²) in [5.41, 5.74) is 1.55. The zero-order valence-electron chi connectivity index (χ0n) is 10.2. The number of nitrogens with one attached hydrogen (secondary N) is 1. The third-order valence-electron chi connectivity index (χ3n) is 3.23. The van der Waals surface area contributed by atoms with Crippen LogP contribution in [0.25, 0.3) is 0 Å². The number of nitriles is 1. The largest absolute Gasteiger partial charge is 0.374 e. The van der Waals surface area contributed by atoms with Crippen molar-refractivity contribution in [3.05, 3.63) is 24.0 Å². The average Bonchev–Trinajstić information content (AvgIpc) is 2.40. The van der Waals surface area contributed by atoms with Gasteiger partial charge in [0.05, 0.1) is 0 Å². The zero-order chi connectivity index (χ0) is 12.1. The van der Waals surface area contributed by atoms with Gasteiger partial charge >= 0.3 is 0 Å². The van der Waals surface area contributed by atoms with Crippen LogP contribution in [0.3, 0.4) is 0 Å². The summed E-state index contributed by atoms with van der Waals surface area (Å²) >= 11 is 0. The fourth-order valence-electron chi connectivity index (χ4n) is 2.29. The minimum atomic E-state index is 0.483. The molecular weight excluding hydrogens is 212 g/mol. The molecule has 1 atom stereocenters.